The van der Waals surface area contributed by atoms with E-state index in [1.54, 1.807) is 0 Å². The second kappa shape index (κ2) is 7.99. The van der Waals surface area contributed by atoms with E-state index >= 15 is 0 Å². The fourth-order valence-corrected chi connectivity index (χ4v) is 4.02. The van der Waals surface area contributed by atoms with Crippen molar-refractivity contribution in [1.82, 2.24) is 14.9 Å². The Labute approximate surface area is 149 Å². The highest BCUT2D eigenvalue weighted by atomic mass is 32.2. The molecule has 0 saturated carbocycles. The molecule has 1 aromatic heterocycles. The molecule has 1 aliphatic rings. The number of hydrogen-bond donors (Lipinski definition) is 0. The highest BCUT2D eigenvalue weighted by molar-refractivity contribution is 7.99. The van der Waals surface area contributed by atoms with E-state index in [0.717, 1.165) is 60.8 Å². The number of rotatable bonds is 6. The Hall–Kier alpha value is -1.59. The van der Waals surface area contributed by atoms with Gasteiger partial charge in [-0.3, -0.25) is 4.90 Å². The molecule has 1 aliphatic heterocycles. The molecule has 2 heterocycles. The Morgan fingerprint density at radius 2 is 2.00 bits per heavy atom. The lowest BCUT2D eigenvalue weighted by atomic mass is 10.2. The summed E-state index contributed by atoms with van der Waals surface area (Å²) in [4.78, 5) is 14.5. The maximum absolute atomic E-state index is 4.94. The summed E-state index contributed by atoms with van der Waals surface area (Å²) in [5.74, 6) is 4.37. The van der Waals surface area contributed by atoms with Crippen LogP contribution in [0.5, 0.6) is 0 Å². The third-order valence-electron chi connectivity index (χ3n) is 4.24. The molecule has 0 bridgehead atoms. The predicted octanol–water partition coefficient (Wildman–Crippen LogP) is 3.58. The van der Waals surface area contributed by atoms with Crippen molar-refractivity contribution in [3.63, 3.8) is 0 Å². The molecule has 0 atom stereocenters. The molecular weight excluding hydrogens is 316 g/mol. The molecule has 1 fully saturated rings. The van der Waals surface area contributed by atoms with Gasteiger partial charge in [0.2, 0.25) is 0 Å². The summed E-state index contributed by atoms with van der Waals surface area (Å²) in [6.45, 7) is 13.1. The van der Waals surface area contributed by atoms with E-state index in [1.165, 1.54) is 11.5 Å². The average molecular weight is 343 g/mol. The standard InChI is InChI=1S/C19H26N4S/c1-4-23(13-15(2)3)19-16-7-5-6-8-17(16)20-18(21-19)14-22-9-11-24-12-10-22/h5-8H,2,4,9-14H2,1,3H3. The molecule has 4 nitrogen and oxygen atoms in total. The van der Waals surface area contributed by atoms with Gasteiger partial charge in [0.1, 0.15) is 11.6 Å². The monoisotopic (exact) mass is 342 g/mol. The van der Waals surface area contributed by atoms with Gasteiger partial charge in [0.15, 0.2) is 0 Å². The minimum Gasteiger partial charge on any atom is -0.352 e. The Kier molecular flexibility index (Phi) is 5.74. The van der Waals surface area contributed by atoms with Gasteiger partial charge >= 0.3 is 0 Å². The number of hydrogen-bond acceptors (Lipinski definition) is 5. The summed E-state index contributed by atoms with van der Waals surface area (Å²) < 4.78 is 0. The van der Waals surface area contributed by atoms with E-state index in [-0.39, 0.29) is 0 Å². The maximum atomic E-state index is 4.94. The van der Waals surface area contributed by atoms with Crippen molar-refractivity contribution in [3.05, 3.63) is 42.2 Å². The zero-order chi connectivity index (χ0) is 16.9. The Balaban J connectivity index is 1.96. The van der Waals surface area contributed by atoms with Crippen LogP contribution in [0.1, 0.15) is 19.7 Å². The summed E-state index contributed by atoms with van der Waals surface area (Å²) in [5, 5.41) is 1.12. The van der Waals surface area contributed by atoms with Crippen molar-refractivity contribution in [3.8, 4) is 0 Å². The number of fused-ring (bicyclic) bond motifs is 1. The molecule has 0 radical (unpaired) electrons. The fourth-order valence-electron chi connectivity index (χ4n) is 3.04. The number of nitrogens with zero attached hydrogens (tertiary/aromatic N) is 4. The van der Waals surface area contributed by atoms with Crippen LogP contribution in [0.25, 0.3) is 10.9 Å². The normalized spacial score (nSPS) is 15.6. The molecule has 2 aromatic rings. The number of aromatic nitrogens is 2. The van der Waals surface area contributed by atoms with E-state index in [9.17, 15) is 0 Å². The van der Waals surface area contributed by atoms with Crippen molar-refractivity contribution >= 4 is 28.5 Å². The first-order valence-corrected chi connectivity index (χ1v) is 9.78. The molecule has 0 aliphatic carbocycles. The first kappa shape index (κ1) is 17.2. The molecule has 1 saturated heterocycles. The highest BCUT2D eigenvalue weighted by Crippen LogP contribution is 2.25. The van der Waals surface area contributed by atoms with Gasteiger partial charge in [0, 0.05) is 43.1 Å². The molecule has 3 rings (SSSR count). The highest BCUT2D eigenvalue weighted by Gasteiger charge is 2.16. The predicted molar refractivity (Wildman–Crippen MR) is 105 cm³/mol. The molecule has 0 amide bonds. The number of thioether (sulfide) groups is 1. The smallest absolute Gasteiger partial charge is 0.145 e. The summed E-state index contributed by atoms with van der Waals surface area (Å²) in [7, 11) is 0. The lowest BCUT2D eigenvalue weighted by molar-refractivity contribution is 0.287. The van der Waals surface area contributed by atoms with E-state index in [4.69, 9.17) is 9.97 Å². The Morgan fingerprint density at radius 1 is 1.25 bits per heavy atom. The van der Waals surface area contributed by atoms with Crippen LogP contribution in [0, 0.1) is 0 Å². The van der Waals surface area contributed by atoms with E-state index in [1.807, 2.05) is 11.8 Å². The quantitative estimate of drug-likeness (QED) is 0.749. The number of benzene rings is 1. The first-order chi connectivity index (χ1) is 11.7. The van der Waals surface area contributed by atoms with Crippen molar-refractivity contribution in [1.29, 1.82) is 0 Å². The van der Waals surface area contributed by atoms with Gasteiger partial charge in [-0.05, 0) is 26.0 Å². The third kappa shape index (κ3) is 4.08. The molecule has 128 valence electrons. The zero-order valence-electron chi connectivity index (χ0n) is 14.7. The SMILES string of the molecule is C=C(C)CN(CC)c1nc(CN2CCSCC2)nc2ccccc12. The van der Waals surface area contributed by atoms with Crippen LogP contribution in [0.4, 0.5) is 5.82 Å². The molecule has 24 heavy (non-hydrogen) atoms. The Morgan fingerprint density at radius 3 is 2.71 bits per heavy atom. The molecule has 5 heteroatoms. The lowest BCUT2D eigenvalue weighted by Crippen LogP contribution is -2.33. The summed E-state index contributed by atoms with van der Waals surface area (Å²) >= 11 is 2.03. The second-order valence-corrected chi connectivity index (χ2v) is 7.57. The molecule has 0 spiro atoms. The summed E-state index contributed by atoms with van der Waals surface area (Å²) in [6.07, 6.45) is 0. The van der Waals surface area contributed by atoms with Gasteiger partial charge in [0.25, 0.3) is 0 Å². The first-order valence-electron chi connectivity index (χ1n) is 8.62. The van der Waals surface area contributed by atoms with Crippen LogP contribution in [-0.4, -0.2) is 52.6 Å². The van der Waals surface area contributed by atoms with E-state index in [2.05, 4.69) is 54.5 Å². The molecule has 0 unspecified atom stereocenters. The molecular formula is C19H26N4S. The summed E-state index contributed by atoms with van der Waals surface area (Å²) in [6, 6.07) is 8.32. The minimum absolute atomic E-state index is 0.831. The molecule has 0 N–H and O–H groups in total. The third-order valence-corrected chi connectivity index (χ3v) is 5.18. The number of likely N-dealkylation sites (N-methyl/N-ethyl adjacent to an activating group) is 1. The molecule has 1 aromatic carbocycles. The van der Waals surface area contributed by atoms with Gasteiger partial charge in [-0.25, -0.2) is 9.97 Å². The number of para-hydroxylation sites is 1. The maximum Gasteiger partial charge on any atom is 0.145 e. The van der Waals surface area contributed by atoms with Crippen LogP contribution in [0.3, 0.4) is 0 Å². The fraction of sp³-hybridized carbons (Fsp3) is 0.474. The van der Waals surface area contributed by atoms with E-state index < -0.39 is 0 Å². The average Bonchev–Trinajstić information content (AvgIpc) is 2.60. The van der Waals surface area contributed by atoms with Crippen molar-refractivity contribution < 1.29 is 0 Å². The van der Waals surface area contributed by atoms with Gasteiger partial charge in [-0.15, -0.1) is 0 Å². The largest absolute Gasteiger partial charge is 0.352 e. The second-order valence-electron chi connectivity index (χ2n) is 6.34. The van der Waals surface area contributed by atoms with Crippen molar-refractivity contribution in [2.24, 2.45) is 0 Å². The van der Waals surface area contributed by atoms with Crippen molar-refractivity contribution in [2.75, 3.05) is 42.6 Å². The van der Waals surface area contributed by atoms with Crippen LogP contribution in [0.15, 0.2) is 36.4 Å². The van der Waals surface area contributed by atoms with Crippen LogP contribution in [-0.2, 0) is 6.54 Å². The van der Waals surface area contributed by atoms with Crippen LogP contribution in [0.2, 0.25) is 0 Å². The van der Waals surface area contributed by atoms with E-state index in [0.29, 0.717) is 0 Å². The van der Waals surface area contributed by atoms with Crippen molar-refractivity contribution in [2.45, 2.75) is 20.4 Å². The topological polar surface area (TPSA) is 32.3 Å². The van der Waals surface area contributed by atoms with Gasteiger partial charge < -0.3 is 4.90 Å². The summed E-state index contributed by atoms with van der Waals surface area (Å²) in [5.41, 5.74) is 2.18. The lowest BCUT2D eigenvalue weighted by Gasteiger charge is -2.27. The van der Waals surface area contributed by atoms with Crippen LogP contribution >= 0.6 is 11.8 Å². The van der Waals surface area contributed by atoms with Gasteiger partial charge in [-0.2, -0.15) is 11.8 Å². The van der Waals surface area contributed by atoms with Crippen LogP contribution < -0.4 is 4.90 Å². The number of anilines is 1. The minimum atomic E-state index is 0.831. The van der Waals surface area contributed by atoms with Gasteiger partial charge in [0.05, 0.1) is 12.1 Å². The zero-order valence-corrected chi connectivity index (χ0v) is 15.5. The van der Waals surface area contributed by atoms with Gasteiger partial charge in [-0.1, -0.05) is 24.3 Å². The Bertz CT molecular complexity index is 710.